The molecule has 0 radical (unpaired) electrons. The van der Waals surface area contributed by atoms with E-state index in [4.69, 9.17) is 4.74 Å². The second-order valence-electron chi connectivity index (χ2n) is 4.73. The molecule has 1 aliphatic rings. The maximum atomic E-state index is 11.6. The van der Waals surface area contributed by atoms with Crippen molar-refractivity contribution in [2.24, 2.45) is 5.92 Å². The molecule has 1 unspecified atom stereocenters. The molecular formula is C14H19NO2. The number of amides is 1. The fraction of sp³-hybridized carbons (Fsp3) is 0.500. The van der Waals surface area contributed by atoms with Gasteiger partial charge in [0.05, 0.1) is 6.04 Å². The van der Waals surface area contributed by atoms with Crippen LogP contribution in [-0.4, -0.2) is 19.6 Å². The van der Waals surface area contributed by atoms with Crippen LogP contribution >= 0.6 is 0 Å². The molecule has 0 aliphatic heterocycles. The molecule has 1 aliphatic carbocycles. The normalized spacial score (nSPS) is 16.6. The molecule has 92 valence electrons. The Labute approximate surface area is 102 Å². The summed E-state index contributed by atoms with van der Waals surface area (Å²) in [5, 5.41) is 3.05. The van der Waals surface area contributed by atoms with E-state index in [1.807, 2.05) is 0 Å². The molecule has 1 N–H and O–H groups in total. The molecular weight excluding hydrogens is 214 g/mol. The summed E-state index contributed by atoms with van der Waals surface area (Å²) in [4.78, 5) is 11.6. The average Bonchev–Trinajstić information content (AvgIpc) is 3.12. The van der Waals surface area contributed by atoms with E-state index in [0.717, 1.165) is 0 Å². The maximum absolute atomic E-state index is 11.6. The molecule has 2 rings (SSSR count). The molecule has 1 atom stereocenters. The summed E-state index contributed by atoms with van der Waals surface area (Å²) in [6, 6.07) is 8.54. The molecule has 1 fully saturated rings. The Morgan fingerprint density at radius 1 is 1.41 bits per heavy atom. The standard InChI is InChI=1S/C14H19NO2/c1-10-3-5-11(6-4-10)14(12-7-8-12)15-13(16)9-17-2/h3-6,12,14H,7-9H2,1-2H3,(H,15,16). The van der Waals surface area contributed by atoms with Gasteiger partial charge >= 0.3 is 0 Å². The van der Waals surface area contributed by atoms with Gasteiger partial charge in [-0.15, -0.1) is 0 Å². The highest BCUT2D eigenvalue weighted by Crippen LogP contribution is 2.40. The van der Waals surface area contributed by atoms with E-state index in [0.29, 0.717) is 5.92 Å². The summed E-state index contributed by atoms with van der Waals surface area (Å²) in [6.07, 6.45) is 2.40. The van der Waals surface area contributed by atoms with Crippen molar-refractivity contribution >= 4 is 5.91 Å². The number of hydrogen-bond donors (Lipinski definition) is 1. The van der Waals surface area contributed by atoms with Crippen molar-refractivity contribution < 1.29 is 9.53 Å². The minimum Gasteiger partial charge on any atom is -0.375 e. The molecule has 17 heavy (non-hydrogen) atoms. The minimum atomic E-state index is -0.0371. The highest BCUT2D eigenvalue weighted by molar-refractivity contribution is 5.77. The SMILES string of the molecule is COCC(=O)NC(c1ccc(C)cc1)C1CC1. The van der Waals surface area contributed by atoms with Crippen LogP contribution in [0.5, 0.6) is 0 Å². The van der Waals surface area contributed by atoms with Crippen molar-refractivity contribution in [3.05, 3.63) is 35.4 Å². The van der Waals surface area contributed by atoms with E-state index in [1.165, 1.54) is 31.1 Å². The first-order valence-electron chi connectivity index (χ1n) is 6.05. The molecule has 3 nitrogen and oxygen atoms in total. The van der Waals surface area contributed by atoms with E-state index in [2.05, 4.69) is 36.5 Å². The van der Waals surface area contributed by atoms with Crippen LogP contribution in [0.2, 0.25) is 0 Å². The third-order valence-electron chi connectivity index (χ3n) is 3.12. The van der Waals surface area contributed by atoms with Crippen molar-refractivity contribution in [3.63, 3.8) is 0 Å². The number of rotatable bonds is 5. The molecule has 1 amide bonds. The van der Waals surface area contributed by atoms with Crippen molar-refractivity contribution in [3.8, 4) is 0 Å². The fourth-order valence-electron chi connectivity index (χ4n) is 2.02. The van der Waals surface area contributed by atoms with Gasteiger partial charge in [-0.2, -0.15) is 0 Å². The fourth-order valence-corrected chi connectivity index (χ4v) is 2.02. The van der Waals surface area contributed by atoms with Gasteiger partial charge in [0.1, 0.15) is 6.61 Å². The van der Waals surface area contributed by atoms with Crippen LogP contribution in [0, 0.1) is 12.8 Å². The highest BCUT2D eigenvalue weighted by Gasteiger charge is 2.33. The first-order valence-corrected chi connectivity index (χ1v) is 6.05. The zero-order valence-electron chi connectivity index (χ0n) is 10.4. The molecule has 0 aromatic heterocycles. The highest BCUT2D eigenvalue weighted by atomic mass is 16.5. The summed E-state index contributed by atoms with van der Waals surface area (Å²) in [7, 11) is 1.54. The smallest absolute Gasteiger partial charge is 0.246 e. The average molecular weight is 233 g/mol. The van der Waals surface area contributed by atoms with E-state index in [1.54, 1.807) is 0 Å². The third-order valence-corrected chi connectivity index (χ3v) is 3.12. The third kappa shape index (κ3) is 3.30. The van der Waals surface area contributed by atoms with Gasteiger partial charge < -0.3 is 10.1 Å². The Balaban J connectivity index is 2.06. The molecule has 0 bridgehead atoms. The van der Waals surface area contributed by atoms with E-state index >= 15 is 0 Å². The van der Waals surface area contributed by atoms with Gasteiger partial charge in [-0.3, -0.25) is 4.79 Å². The zero-order valence-corrected chi connectivity index (χ0v) is 10.4. The lowest BCUT2D eigenvalue weighted by atomic mass is 10.0. The summed E-state index contributed by atoms with van der Waals surface area (Å²) < 4.78 is 4.85. The van der Waals surface area contributed by atoms with E-state index in [9.17, 15) is 4.79 Å². The van der Waals surface area contributed by atoms with Gasteiger partial charge in [-0.1, -0.05) is 29.8 Å². The van der Waals surface area contributed by atoms with E-state index in [-0.39, 0.29) is 18.6 Å². The molecule has 0 heterocycles. The van der Waals surface area contributed by atoms with Gasteiger partial charge in [-0.05, 0) is 31.2 Å². The number of nitrogens with one attached hydrogen (secondary N) is 1. The predicted molar refractivity (Wildman–Crippen MR) is 66.7 cm³/mol. The zero-order chi connectivity index (χ0) is 12.3. The lowest BCUT2D eigenvalue weighted by molar-refractivity contribution is -0.125. The molecule has 0 saturated heterocycles. The quantitative estimate of drug-likeness (QED) is 0.846. The summed E-state index contributed by atoms with van der Waals surface area (Å²) in [5.41, 5.74) is 2.44. The van der Waals surface area contributed by atoms with Crippen LogP contribution in [0.3, 0.4) is 0 Å². The number of carbonyl (C=O) groups excluding carboxylic acids is 1. The van der Waals surface area contributed by atoms with Crippen LogP contribution < -0.4 is 5.32 Å². The number of carbonyl (C=O) groups is 1. The second-order valence-corrected chi connectivity index (χ2v) is 4.73. The van der Waals surface area contributed by atoms with Crippen LogP contribution in [0.25, 0.3) is 0 Å². The first-order chi connectivity index (χ1) is 8.20. The monoisotopic (exact) mass is 233 g/mol. The molecule has 1 aromatic carbocycles. The first kappa shape index (κ1) is 12.1. The summed E-state index contributed by atoms with van der Waals surface area (Å²) in [6.45, 7) is 2.20. The van der Waals surface area contributed by atoms with Crippen LogP contribution in [0.4, 0.5) is 0 Å². The number of hydrogen-bond acceptors (Lipinski definition) is 2. The Morgan fingerprint density at radius 3 is 2.59 bits per heavy atom. The van der Waals surface area contributed by atoms with Gasteiger partial charge in [0.2, 0.25) is 5.91 Å². The van der Waals surface area contributed by atoms with Crippen molar-refractivity contribution in [2.75, 3.05) is 13.7 Å². The number of ether oxygens (including phenoxy) is 1. The van der Waals surface area contributed by atoms with Crippen molar-refractivity contribution in [2.45, 2.75) is 25.8 Å². The summed E-state index contributed by atoms with van der Waals surface area (Å²) >= 11 is 0. The molecule has 1 aromatic rings. The number of aryl methyl sites for hydroxylation is 1. The van der Waals surface area contributed by atoms with Crippen molar-refractivity contribution in [1.82, 2.24) is 5.32 Å². The van der Waals surface area contributed by atoms with Gasteiger partial charge in [0.25, 0.3) is 0 Å². The Kier molecular flexibility index (Phi) is 3.79. The van der Waals surface area contributed by atoms with Crippen LogP contribution in [-0.2, 0) is 9.53 Å². The van der Waals surface area contributed by atoms with E-state index < -0.39 is 0 Å². The van der Waals surface area contributed by atoms with Gasteiger partial charge in [0, 0.05) is 7.11 Å². The topological polar surface area (TPSA) is 38.3 Å². The summed E-state index contributed by atoms with van der Waals surface area (Å²) in [5.74, 6) is 0.559. The Bertz CT molecular complexity index is 382. The van der Waals surface area contributed by atoms with Crippen LogP contribution in [0.15, 0.2) is 24.3 Å². The van der Waals surface area contributed by atoms with Gasteiger partial charge in [-0.25, -0.2) is 0 Å². The molecule has 1 saturated carbocycles. The lowest BCUT2D eigenvalue weighted by Gasteiger charge is -2.18. The Morgan fingerprint density at radius 2 is 2.06 bits per heavy atom. The van der Waals surface area contributed by atoms with Crippen LogP contribution in [0.1, 0.15) is 30.0 Å². The molecule has 0 spiro atoms. The largest absolute Gasteiger partial charge is 0.375 e. The lowest BCUT2D eigenvalue weighted by Crippen LogP contribution is -2.32. The molecule has 3 heteroatoms. The second kappa shape index (κ2) is 5.32. The number of methoxy groups -OCH3 is 1. The predicted octanol–water partition coefficient (Wildman–Crippen LogP) is 2.21. The number of benzene rings is 1. The van der Waals surface area contributed by atoms with Gasteiger partial charge in [0.15, 0.2) is 0 Å². The maximum Gasteiger partial charge on any atom is 0.246 e. The van der Waals surface area contributed by atoms with Crippen molar-refractivity contribution in [1.29, 1.82) is 0 Å². The minimum absolute atomic E-state index is 0.0371. The Hall–Kier alpha value is -1.35.